The van der Waals surface area contributed by atoms with Gasteiger partial charge in [0.15, 0.2) is 0 Å². The molecule has 0 fully saturated rings. The molecule has 1 heterocycles. The average Bonchev–Trinajstić information content (AvgIpc) is 2.92. The normalized spacial score (nSPS) is 11.1. The van der Waals surface area contributed by atoms with E-state index < -0.39 is 5.97 Å². The topological polar surface area (TPSA) is 64.3 Å². The molecule has 3 rings (SSSR count). The second kappa shape index (κ2) is 8.19. The largest absolute Gasteiger partial charge is 0.493 e. The van der Waals surface area contributed by atoms with Gasteiger partial charge < -0.3 is 14.4 Å². The third kappa shape index (κ3) is 4.54. The Bertz CT molecular complexity index is 999. The molecule has 0 saturated carbocycles. The lowest BCUT2D eigenvalue weighted by Gasteiger charge is -2.11. The summed E-state index contributed by atoms with van der Waals surface area (Å²) in [5.74, 6) is 0.781. The Balaban J connectivity index is 1.89. The smallest absolute Gasteiger partial charge is 0.303 e. The number of imidazole rings is 1. The highest BCUT2D eigenvalue weighted by molar-refractivity contribution is 6.42. The number of fused-ring (bicyclic) bond motifs is 1. The van der Waals surface area contributed by atoms with Gasteiger partial charge in [-0.2, -0.15) is 0 Å². The zero-order valence-corrected chi connectivity index (χ0v) is 16.6. The number of nitrogens with zero attached hydrogens (tertiary/aromatic N) is 2. The van der Waals surface area contributed by atoms with Crippen LogP contribution in [0.25, 0.3) is 11.0 Å². The molecule has 142 valence electrons. The summed E-state index contributed by atoms with van der Waals surface area (Å²) in [7, 11) is 0. The molecule has 2 aromatic carbocycles. The van der Waals surface area contributed by atoms with Crippen molar-refractivity contribution in [3.8, 4) is 5.75 Å². The molecule has 0 aliphatic heterocycles. The van der Waals surface area contributed by atoms with Crippen LogP contribution in [0.4, 0.5) is 0 Å². The Morgan fingerprint density at radius 3 is 2.67 bits per heavy atom. The maximum atomic E-state index is 10.6. The van der Waals surface area contributed by atoms with E-state index in [0.717, 1.165) is 28.0 Å². The van der Waals surface area contributed by atoms with Gasteiger partial charge in [-0.25, -0.2) is 4.98 Å². The number of hydrogen-bond donors (Lipinski definition) is 1. The maximum Gasteiger partial charge on any atom is 0.303 e. The fraction of sp³-hybridized carbons (Fsp3) is 0.300. The average molecular weight is 407 g/mol. The van der Waals surface area contributed by atoms with Crippen molar-refractivity contribution in [3.63, 3.8) is 0 Å². The van der Waals surface area contributed by atoms with Crippen LogP contribution >= 0.6 is 23.2 Å². The summed E-state index contributed by atoms with van der Waals surface area (Å²) in [5, 5.41) is 9.78. The standard InChI is InChI=1S/C20H20Cl2N2O3/c1-12-8-15(27-7-3-4-19(25)26)10-18-20(12)23-13(2)24(18)11-14-5-6-16(21)17(22)9-14/h5-6,8-10H,3-4,7,11H2,1-2H3,(H,25,26). The van der Waals surface area contributed by atoms with Gasteiger partial charge in [0, 0.05) is 19.0 Å². The van der Waals surface area contributed by atoms with Gasteiger partial charge in [-0.3, -0.25) is 4.79 Å². The number of benzene rings is 2. The van der Waals surface area contributed by atoms with Gasteiger partial charge in [-0.05, 0) is 49.6 Å². The van der Waals surface area contributed by atoms with E-state index in [1.807, 2.05) is 38.1 Å². The van der Waals surface area contributed by atoms with Crippen LogP contribution in [0.1, 0.15) is 29.8 Å². The molecular formula is C20H20Cl2N2O3. The second-order valence-electron chi connectivity index (χ2n) is 6.45. The Kier molecular flexibility index (Phi) is 5.92. The molecule has 1 N–H and O–H groups in total. The lowest BCUT2D eigenvalue weighted by molar-refractivity contribution is -0.137. The van der Waals surface area contributed by atoms with Crippen LogP contribution in [0, 0.1) is 13.8 Å². The highest BCUT2D eigenvalue weighted by Gasteiger charge is 2.13. The minimum Gasteiger partial charge on any atom is -0.493 e. The lowest BCUT2D eigenvalue weighted by Crippen LogP contribution is -2.04. The molecule has 0 aliphatic rings. The van der Waals surface area contributed by atoms with Gasteiger partial charge in [0.25, 0.3) is 0 Å². The SMILES string of the molecule is Cc1cc(OCCCC(=O)O)cc2c1nc(C)n2Cc1ccc(Cl)c(Cl)c1. The summed E-state index contributed by atoms with van der Waals surface area (Å²) in [4.78, 5) is 15.3. The van der Waals surface area contributed by atoms with E-state index in [1.54, 1.807) is 6.07 Å². The number of rotatable bonds is 7. The first kappa shape index (κ1) is 19.5. The third-order valence-corrected chi connectivity index (χ3v) is 5.08. The van der Waals surface area contributed by atoms with Crippen LogP contribution in [0.2, 0.25) is 10.0 Å². The van der Waals surface area contributed by atoms with Crippen LogP contribution in [0.3, 0.4) is 0 Å². The summed E-state index contributed by atoms with van der Waals surface area (Å²) < 4.78 is 7.85. The number of ether oxygens (including phenoxy) is 1. The van der Waals surface area contributed by atoms with Crippen molar-refractivity contribution in [3.05, 3.63) is 57.3 Å². The molecule has 0 saturated heterocycles. The molecule has 0 aliphatic carbocycles. The summed E-state index contributed by atoms with van der Waals surface area (Å²) >= 11 is 12.1. The lowest BCUT2D eigenvalue weighted by atomic mass is 10.2. The van der Waals surface area contributed by atoms with Crippen molar-refractivity contribution >= 4 is 40.2 Å². The predicted octanol–water partition coefficient (Wildman–Crippen LogP) is 5.25. The molecule has 1 aromatic heterocycles. The predicted molar refractivity (Wildman–Crippen MR) is 107 cm³/mol. The Labute approximate surface area is 167 Å². The second-order valence-corrected chi connectivity index (χ2v) is 7.26. The Hall–Kier alpha value is -2.24. The first-order valence-corrected chi connectivity index (χ1v) is 9.36. The first-order valence-electron chi connectivity index (χ1n) is 8.61. The van der Waals surface area contributed by atoms with Crippen molar-refractivity contribution in [2.24, 2.45) is 0 Å². The molecule has 3 aromatic rings. The molecule has 0 radical (unpaired) electrons. The van der Waals surface area contributed by atoms with Crippen molar-refractivity contribution in [2.45, 2.75) is 33.2 Å². The van der Waals surface area contributed by atoms with E-state index in [-0.39, 0.29) is 6.42 Å². The molecular weight excluding hydrogens is 387 g/mol. The summed E-state index contributed by atoms with van der Waals surface area (Å²) in [6, 6.07) is 9.46. The minimum absolute atomic E-state index is 0.0929. The molecule has 0 amide bonds. The molecule has 0 spiro atoms. The number of carbonyl (C=O) groups is 1. The monoisotopic (exact) mass is 406 g/mol. The molecule has 0 atom stereocenters. The molecule has 27 heavy (non-hydrogen) atoms. The Morgan fingerprint density at radius 2 is 1.96 bits per heavy atom. The van der Waals surface area contributed by atoms with Crippen LogP contribution in [-0.4, -0.2) is 27.2 Å². The van der Waals surface area contributed by atoms with E-state index in [2.05, 4.69) is 9.55 Å². The molecule has 7 heteroatoms. The van der Waals surface area contributed by atoms with E-state index in [4.69, 9.17) is 33.0 Å². The number of aromatic nitrogens is 2. The summed E-state index contributed by atoms with van der Waals surface area (Å²) in [6.07, 6.45) is 0.559. The number of aliphatic carboxylic acids is 1. The molecule has 0 unspecified atom stereocenters. The highest BCUT2D eigenvalue weighted by atomic mass is 35.5. The van der Waals surface area contributed by atoms with E-state index in [1.165, 1.54) is 0 Å². The third-order valence-electron chi connectivity index (χ3n) is 4.34. The van der Waals surface area contributed by atoms with Crippen molar-refractivity contribution in [1.29, 1.82) is 0 Å². The number of aryl methyl sites for hydroxylation is 2. The number of hydrogen-bond acceptors (Lipinski definition) is 3. The minimum atomic E-state index is -0.819. The van der Waals surface area contributed by atoms with E-state index >= 15 is 0 Å². The quantitative estimate of drug-likeness (QED) is 0.544. The van der Waals surface area contributed by atoms with Gasteiger partial charge in [-0.15, -0.1) is 0 Å². The summed E-state index contributed by atoms with van der Waals surface area (Å²) in [6.45, 7) is 4.92. The number of carboxylic acid groups (broad SMARTS) is 1. The van der Waals surface area contributed by atoms with Gasteiger partial charge in [-0.1, -0.05) is 29.3 Å². The summed E-state index contributed by atoms with van der Waals surface area (Å²) in [5.41, 5.74) is 3.92. The van der Waals surface area contributed by atoms with Crippen molar-refractivity contribution < 1.29 is 14.6 Å². The van der Waals surface area contributed by atoms with Gasteiger partial charge in [0.2, 0.25) is 0 Å². The maximum absolute atomic E-state index is 10.6. The van der Waals surface area contributed by atoms with Crippen molar-refractivity contribution in [2.75, 3.05) is 6.61 Å². The zero-order valence-electron chi connectivity index (χ0n) is 15.1. The zero-order chi connectivity index (χ0) is 19.6. The van der Waals surface area contributed by atoms with E-state index in [0.29, 0.717) is 35.4 Å². The van der Waals surface area contributed by atoms with Crippen LogP contribution in [0.15, 0.2) is 30.3 Å². The molecule has 0 bridgehead atoms. The van der Waals surface area contributed by atoms with Gasteiger partial charge >= 0.3 is 5.97 Å². The van der Waals surface area contributed by atoms with E-state index in [9.17, 15) is 4.79 Å². The van der Waals surface area contributed by atoms with Crippen molar-refractivity contribution in [1.82, 2.24) is 9.55 Å². The van der Waals surface area contributed by atoms with Gasteiger partial charge in [0.1, 0.15) is 11.6 Å². The molecule has 5 nitrogen and oxygen atoms in total. The van der Waals surface area contributed by atoms with Crippen LogP contribution < -0.4 is 4.74 Å². The first-order chi connectivity index (χ1) is 12.8. The fourth-order valence-electron chi connectivity index (χ4n) is 2.99. The Morgan fingerprint density at radius 1 is 1.19 bits per heavy atom. The van der Waals surface area contributed by atoms with Crippen LogP contribution in [-0.2, 0) is 11.3 Å². The van der Waals surface area contributed by atoms with Crippen LogP contribution in [0.5, 0.6) is 5.75 Å². The number of halogens is 2. The fourth-order valence-corrected chi connectivity index (χ4v) is 3.31. The highest BCUT2D eigenvalue weighted by Crippen LogP contribution is 2.28. The number of carboxylic acids is 1. The van der Waals surface area contributed by atoms with Gasteiger partial charge in [0.05, 0.1) is 27.7 Å².